The maximum absolute atomic E-state index is 12.7. The zero-order chi connectivity index (χ0) is 10.8. The molecule has 1 rings (SSSR count). The van der Waals surface area contributed by atoms with Crippen molar-refractivity contribution < 1.29 is 17.6 Å². The third-order valence-corrected chi connectivity index (χ3v) is 2.48. The van der Waals surface area contributed by atoms with Gasteiger partial charge in [0.2, 0.25) is 0 Å². The summed E-state index contributed by atoms with van der Waals surface area (Å²) >= 11 is -0.206. The average molecular weight is 224 g/mol. The first kappa shape index (κ1) is 11.4. The van der Waals surface area contributed by atoms with Crippen LogP contribution in [0, 0.1) is 5.82 Å². The van der Waals surface area contributed by atoms with E-state index in [1.807, 2.05) is 0 Å². The molecule has 0 amide bonds. The van der Waals surface area contributed by atoms with Crippen LogP contribution in [0.4, 0.5) is 17.6 Å². The van der Waals surface area contributed by atoms with Crippen molar-refractivity contribution >= 4 is 11.8 Å². The minimum atomic E-state index is -4.32. The summed E-state index contributed by atoms with van der Waals surface area (Å²) in [6.07, 6.45) is 0.385. The van der Waals surface area contributed by atoms with E-state index in [0.717, 1.165) is 18.2 Å². The molecule has 0 nitrogen and oxygen atoms in total. The van der Waals surface area contributed by atoms with Gasteiger partial charge in [0, 0.05) is 4.90 Å². The SMILES string of the molecule is CCc1cc(F)ccc1SC(F)(F)F. The molecule has 0 N–H and O–H groups in total. The van der Waals surface area contributed by atoms with E-state index in [4.69, 9.17) is 0 Å². The van der Waals surface area contributed by atoms with Gasteiger partial charge in [-0.1, -0.05) is 6.92 Å². The zero-order valence-corrected chi connectivity index (χ0v) is 8.18. The Bertz CT molecular complexity index is 319. The van der Waals surface area contributed by atoms with Crippen molar-refractivity contribution in [2.24, 2.45) is 0 Å². The molecule has 0 aliphatic carbocycles. The Balaban J connectivity index is 2.97. The second kappa shape index (κ2) is 4.21. The third kappa shape index (κ3) is 3.21. The molecular weight excluding hydrogens is 216 g/mol. The van der Waals surface area contributed by atoms with Crippen molar-refractivity contribution in [3.63, 3.8) is 0 Å². The minimum Gasteiger partial charge on any atom is -0.207 e. The Hall–Kier alpha value is -0.710. The average Bonchev–Trinajstić information content (AvgIpc) is 2.06. The van der Waals surface area contributed by atoms with Crippen molar-refractivity contribution in [3.05, 3.63) is 29.6 Å². The van der Waals surface area contributed by atoms with Crippen LogP contribution in [0.15, 0.2) is 23.1 Å². The molecule has 0 radical (unpaired) electrons. The van der Waals surface area contributed by atoms with E-state index in [1.54, 1.807) is 6.92 Å². The highest BCUT2D eigenvalue weighted by molar-refractivity contribution is 8.00. The molecule has 0 aromatic heterocycles. The van der Waals surface area contributed by atoms with Crippen LogP contribution in [0.1, 0.15) is 12.5 Å². The van der Waals surface area contributed by atoms with E-state index in [9.17, 15) is 17.6 Å². The van der Waals surface area contributed by atoms with Crippen molar-refractivity contribution in [2.75, 3.05) is 0 Å². The predicted octanol–water partition coefficient (Wildman–Crippen LogP) is 4.00. The lowest BCUT2D eigenvalue weighted by molar-refractivity contribution is -0.0328. The molecular formula is C9H8F4S. The fourth-order valence-electron chi connectivity index (χ4n) is 1.05. The van der Waals surface area contributed by atoms with Crippen LogP contribution in [0.2, 0.25) is 0 Å². The van der Waals surface area contributed by atoms with Crippen LogP contribution in [-0.2, 0) is 6.42 Å². The summed E-state index contributed by atoms with van der Waals surface area (Å²) in [5, 5.41) is 0. The van der Waals surface area contributed by atoms with Crippen molar-refractivity contribution in [1.82, 2.24) is 0 Å². The first-order valence-corrected chi connectivity index (χ1v) is 4.78. The molecule has 0 aliphatic rings. The van der Waals surface area contributed by atoms with Gasteiger partial charge in [0.05, 0.1) is 0 Å². The third-order valence-electron chi connectivity index (χ3n) is 1.63. The Morgan fingerprint density at radius 1 is 1.29 bits per heavy atom. The van der Waals surface area contributed by atoms with Gasteiger partial charge in [0.25, 0.3) is 0 Å². The summed E-state index contributed by atoms with van der Waals surface area (Å²) < 4.78 is 48.8. The van der Waals surface area contributed by atoms with E-state index in [2.05, 4.69) is 0 Å². The molecule has 0 saturated carbocycles. The molecule has 0 aliphatic heterocycles. The molecule has 0 saturated heterocycles. The lowest BCUT2D eigenvalue weighted by atomic mass is 10.2. The minimum absolute atomic E-state index is 0.0707. The standard InChI is InChI=1S/C9H8F4S/c1-2-6-5-7(10)3-4-8(6)14-9(11,12)13/h3-5H,2H2,1H3. The first-order valence-electron chi connectivity index (χ1n) is 3.96. The number of benzene rings is 1. The van der Waals surface area contributed by atoms with Gasteiger partial charge in [0.1, 0.15) is 5.82 Å². The van der Waals surface area contributed by atoms with Gasteiger partial charge in [-0.3, -0.25) is 0 Å². The summed E-state index contributed by atoms with van der Waals surface area (Å²) in [6.45, 7) is 1.69. The maximum Gasteiger partial charge on any atom is 0.446 e. The highest BCUT2D eigenvalue weighted by atomic mass is 32.2. The van der Waals surface area contributed by atoms with Gasteiger partial charge < -0.3 is 0 Å². The van der Waals surface area contributed by atoms with Crippen molar-refractivity contribution in [2.45, 2.75) is 23.7 Å². The van der Waals surface area contributed by atoms with Gasteiger partial charge in [-0.05, 0) is 41.9 Å². The van der Waals surface area contributed by atoms with E-state index in [0.29, 0.717) is 12.0 Å². The normalized spacial score (nSPS) is 11.8. The van der Waals surface area contributed by atoms with Crippen molar-refractivity contribution in [3.8, 4) is 0 Å². The number of hydrogen-bond acceptors (Lipinski definition) is 1. The summed E-state index contributed by atoms with van der Waals surface area (Å²) in [5.74, 6) is -0.506. The second-order valence-electron chi connectivity index (χ2n) is 2.65. The van der Waals surface area contributed by atoms with Crippen LogP contribution in [-0.4, -0.2) is 5.51 Å². The Kier molecular flexibility index (Phi) is 3.42. The molecule has 0 unspecified atom stereocenters. The molecule has 0 bridgehead atoms. The van der Waals surface area contributed by atoms with Gasteiger partial charge in [-0.15, -0.1) is 0 Å². The first-order chi connectivity index (χ1) is 6.42. The maximum atomic E-state index is 12.7. The Labute approximate surface area is 83.3 Å². The number of hydrogen-bond donors (Lipinski definition) is 0. The summed E-state index contributed by atoms with van der Waals surface area (Å²) in [4.78, 5) is 0.0707. The van der Waals surface area contributed by atoms with E-state index < -0.39 is 11.3 Å². The van der Waals surface area contributed by atoms with Gasteiger partial charge in [0.15, 0.2) is 0 Å². The molecule has 78 valence electrons. The highest BCUT2D eigenvalue weighted by Gasteiger charge is 2.30. The number of thioether (sulfide) groups is 1. The monoisotopic (exact) mass is 224 g/mol. The van der Waals surface area contributed by atoms with Crippen LogP contribution >= 0.6 is 11.8 Å². The number of alkyl halides is 3. The lowest BCUT2D eigenvalue weighted by Crippen LogP contribution is -2.01. The highest BCUT2D eigenvalue weighted by Crippen LogP contribution is 2.38. The molecule has 5 heteroatoms. The fourth-order valence-corrected chi connectivity index (χ4v) is 1.77. The Morgan fingerprint density at radius 3 is 2.43 bits per heavy atom. The van der Waals surface area contributed by atoms with Crippen LogP contribution < -0.4 is 0 Å². The van der Waals surface area contributed by atoms with E-state index in [-0.39, 0.29) is 16.7 Å². The lowest BCUT2D eigenvalue weighted by Gasteiger charge is -2.09. The van der Waals surface area contributed by atoms with E-state index >= 15 is 0 Å². The van der Waals surface area contributed by atoms with Gasteiger partial charge in [-0.25, -0.2) is 4.39 Å². The second-order valence-corrected chi connectivity index (χ2v) is 3.76. The van der Waals surface area contributed by atoms with Crippen LogP contribution in [0.3, 0.4) is 0 Å². The fraction of sp³-hybridized carbons (Fsp3) is 0.333. The summed E-state index contributed by atoms with van der Waals surface area (Å²) in [5.41, 5.74) is -3.94. The number of aryl methyl sites for hydroxylation is 1. The molecule has 0 spiro atoms. The van der Waals surface area contributed by atoms with Crippen LogP contribution in [0.25, 0.3) is 0 Å². The molecule has 0 fully saturated rings. The van der Waals surface area contributed by atoms with Crippen LogP contribution in [0.5, 0.6) is 0 Å². The Morgan fingerprint density at radius 2 is 1.93 bits per heavy atom. The van der Waals surface area contributed by atoms with Gasteiger partial charge in [-0.2, -0.15) is 13.2 Å². The van der Waals surface area contributed by atoms with Crippen molar-refractivity contribution in [1.29, 1.82) is 0 Å². The summed E-state index contributed by atoms with van der Waals surface area (Å²) in [7, 11) is 0. The topological polar surface area (TPSA) is 0 Å². The zero-order valence-electron chi connectivity index (χ0n) is 7.36. The van der Waals surface area contributed by atoms with E-state index in [1.165, 1.54) is 0 Å². The molecule has 14 heavy (non-hydrogen) atoms. The predicted molar refractivity (Wildman–Crippen MR) is 47.7 cm³/mol. The summed E-state index contributed by atoms with van der Waals surface area (Å²) in [6, 6.07) is 3.33. The number of rotatable bonds is 2. The number of halogens is 4. The van der Waals surface area contributed by atoms with Gasteiger partial charge >= 0.3 is 5.51 Å². The molecule has 0 heterocycles. The smallest absolute Gasteiger partial charge is 0.207 e. The largest absolute Gasteiger partial charge is 0.446 e. The quantitative estimate of drug-likeness (QED) is 0.540. The molecule has 1 aromatic carbocycles. The molecule has 1 aromatic rings. The molecule has 0 atom stereocenters.